The van der Waals surface area contributed by atoms with Gasteiger partial charge in [0, 0.05) is 0 Å². The summed E-state index contributed by atoms with van der Waals surface area (Å²) in [6.07, 6.45) is 1.48. The maximum absolute atomic E-state index is 10.9. The molecular weight excluding hydrogens is 142 g/mol. The summed E-state index contributed by atoms with van der Waals surface area (Å²) in [4.78, 5) is 21.0. The van der Waals surface area contributed by atoms with E-state index in [-0.39, 0.29) is 17.7 Å². The van der Waals surface area contributed by atoms with Crippen molar-refractivity contribution in [2.75, 3.05) is 0 Å². The van der Waals surface area contributed by atoms with Crippen LogP contribution in [0.2, 0.25) is 0 Å². The van der Waals surface area contributed by atoms with Crippen LogP contribution in [0, 0.1) is 5.92 Å². The van der Waals surface area contributed by atoms with Gasteiger partial charge in [0.1, 0.15) is 0 Å². The molecule has 11 heavy (non-hydrogen) atoms. The molecule has 0 aliphatic carbocycles. The van der Waals surface area contributed by atoms with Crippen molar-refractivity contribution in [1.82, 2.24) is 5.32 Å². The molecule has 0 aliphatic heterocycles. The van der Waals surface area contributed by atoms with Crippen LogP contribution in [0.3, 0.4) is 0 Å². The van der Waals surface area contributed by atoms with Gasteiger partial charge >= 0.3 is 0 Å². The van der Waals surface area contributed by atoms with Crippen LogP contribution in [0.4, 0.5) is 0 Å². The van der Waals surface area contributed by atoms with E-state index in [4.69, 9.17) is 0 Å². The Hall–Kier alpha value is -0.860. The number of hydrogen-bond donors (Lipinski definition) is 1. The van der Waals surface area contributed by atoms with E-state index in [2.05, 4.69) is 5.32 Å². The fraction of sp³-hybridized carbons (Fsp3) is 0.750. The first-order chi connectivity index (χ1) is 5.13. The Morgan fingerprint density at radius 3 is 2.45 bits per heavy atom. The Kier molecular flexibility index (Phi) is 4.50. The van der Waals surface area contributed by atoms with Crippen LogP contribution >= 0.6 is 0 Å². The van der Waals surface area contributed by atoms with Crippen LogP contribution in [0.1, 0.15) is 27.2 Å². The van der Waals surface area contributed by atoms with E-state index >= 15 is 0 Å². The van der Waals surface area contributed by atoms with Crippen molar-refractivity contribution in [3.05, 3.63) is 0 Å². The van der Waals surface area contributed by atoms with Gasteiger partial charge in [0.15, 0.2) is 5.78 Å². The van der Waals surface area contributed by atoms with Crippen LogP contribution < -0.4 is 5.32 Å². The summed E-state index contributed by atoms with van der Waals surface area (Å²) >= 11 is 0. The topological polar surface area (TPSA) is 46.2 Å². The molecule has 0 fully saturated rings. The van der Waals surface area contributed by atoms with E-state index in [1.54, 1.807) is 0 Å². The predicted molar refractivity (Wildman–Crippen MR) is 43.1 cm³/mol. The molecule has 3 heteroatoms. The smallest absolute Gasteiger partial charge is 0.207 e. The van der Waals surface area contributed by atoms with Crippen molar-refractivity contribution >= 4 is 12.2 Å². The van der Waals surface area contributed by atoms with Crippen LogP contribution in [-0.4, -0.2) is 18.2 Å². The SMILES string of the molecule is CC[C@H](C)[C@@H](NC=O)C(C)=O. The summed E-state index contributed by atoms with van der Waals surface area (Å²) in [6, 6.07) is -0.308. The largest absolute Gasteiger partial charge is 0.349 e. The predicted octanol–water partition coefficient (Wildman–Crippen LogP) is 0.736. The third kappa shape index (κ3) is 3.16. The Morgan fingerprint density at radius 1 is 1.64 bits per heavy atom. The first-order valence-electron chi connectivity index (χ1n) is 3.83. The molecule has 0 unspecified atom stereocenters. The van der Waals surface area contributed by atoms with Crippen molar-refractivity contribution in [3.63, 3.8) is 0 Å². The van der Waals surface area contributed by atoms with Gasteiger partial charge in [-0.15, -0.1) is 0 Å². The minimum absolute atomic E-state index is 0.0199. The lowest BCUT2D eigenvalue weighted by Crippen LogP contribution is -2.39. The number of hydrogen-bond acceptors (Lipinski definition) is 2. The highest BCUT2D eigenvalue weighted by Gasteiger charge is 2.18. The fourth-order valence-electron chi connectivity index (χ4n) is 0.991. The van der Waals surface area contributed by atoms with Crippen LogP contribution in [0.15, 0.2) is 0 Å². The number of ketones is 1. The molecule has 0 saturated carbocycles. The van der Waals surface area contributed by atoms with Gasteiger partial charge in [0.25, 0.3) is 0 Å². The van der Waals surface area contributed by atoms with Gasteiger partial charge < -0.3 is 5.32 Å². The van der Waals surface area contributed by atoms with Gasteiger partial charge in [-0.05, 0) is 12.8 Å². The Morgan fingerprint density at radius 2 is 2.18 bits per heavy atom. The lowest BCUT2D eigenvalue weighted by molar-refractivity contribution is -0.123. The van der Waals surface area contributed by atoms with Crippen LogP contribution in [0.5, 0.6) is 0 Å². The molecule has 1 amide bonds. The van der Waals surface area contributed by atoms with Crippen LogP contribution in [-0.2, 0) is 9.59 Å². The highest BCUT2D eigenvalue weighted by Crippen LogP contribution is 2.07. The van der Waals surface area contributed by atoms with Gasteiger partial charge in [0.2, 0.25) is 6.41 Å². The number of nitrogens with one attached hydrogen (secondary N) is 1. The van der Waals surface area contributed by atoms with Gasteiger partial charge in [0.05, 0.1) is 6.04 Å². The van der Waals surface area contributed by atoms with Crippen molar-refractivity contribution in [3.8, 4) is 0 Å². The average molecular weight is 157 g/mol. The van der Waals surface area contributed by atoms with E-state index < -0.39 is 0 Å². The highest BCUT2D eigenvalue weighted by molar-refractivity contribution is 5.83. The number of rotatable bonds is 5. The van der Waals surface area contributed by atoms with Gasteiger partial charge in [-0.25, -0.2) is 0 Å². The lowest BCUT2D eigenvalue weighted by atomic mass is 9.96. The van der Waals surface area contributed by atoms with Gasteiger partial charge in [-0.3, -0.25) is 9.59 Å². The average Bonchev–Trinajstić information content (AvgIpc) is 1.98. The molecule has 0 rings (SSSR count). The summed E-state index contributed by atoms with van der Waals surface area (Å²) in [6.45, 7) is 5.43. The third-order valence-corrected chi connectivity index (χ3v) is 1.90. The van der Waals surface area contributed by atoms with Gasteiger partial charge in [-0.2, -0.15) is 0 Å². The third-order valence-electron chi connectivity index (χ3n) is 1.90. The van der Waals surface area contributed by atoms with E-state index in [1.165, 1.54) is 6.92 Å². The molecular formula is C8H15NO2. The van der Waals surface area contributed by atoms with E-state index in [9.17, 15) is 9.59 Å². The quantitative estimate of drug-likeness (QED) is 0.598. The molecule has 1 N–H and O–H groups in total. The van der Waals surface area contributed by atoms with Crippen molar-refractivity contribution < 1.29 is 9.59 Å². The number of carbonyl (C=O) groups excluding carboxylic acids is 2. The molecule has 0 aromatic rings. The Balaban J connectivity index is 4.08. The zero-order valence-corrected chi connectivity index (χ0v) is 7.26. The van der Waals surface area contributed by atoms with Crippen molar-refractivity contribution in [1.29, 1.82) is 0 Å². The molecule has 0 bridgehead atoms. The molecule has 0 aliphatic rings. The standard InChI is InChI=1S/C8H15NO2/c1-4-6(2)8(7(3)11)9-5-10/h5-6,8H,4H2,1-3H3,(H,9,10)/t6-,8+/m0/s1. The summed E-state index contributed by atoms with van der Waals surface area (Å²) < 4.78 is 0. The first kappa shape index (κ1) is 10.1. The minimum atomic E-state index is -0.308. The fourth-order valence-corrected chi connectivity index (χ4v) is 0.991. The van der Waals surface area contributed by atoms with Crippen LogP contribution in [0.25, 0.3) is 0 Å². The Bertz CT molecular complexity index is 145. The Labute approximate surface area is 67.2 Å². The molecule has 0 aromatic carbocycles. The molecule has 2 atom stereocenters. The second-order valence-corrected chi connectivity index (χ2v) is 2.76. The summed E-state index contributed by atoms with van der Waals surface area (Å²) in [5, 5.41) is 2.50. The molecule has 64 valence electrons. The zero-order valence-electron chi connectivity index (χ0n) is 7.26. The van der Waals surface area contributed by atoms with E-state index in [0.29, 0.717) is 6.41 Å². The van der Waals surface area contributed by atoms with E-state index in [0.717, 1.165) is 6.42 Å². The summed E-state index contributed by atoms with van der Waals surface area (Å²) in [7, 11) is 0. The summed E-state index contributed by atoms with van der Waals surface area (Å²) in [5.74, 6) is 0.240. The zero-order chi connectivity index (χ0) is 8.85. The number of amides is 1. The highest BCUT2D eigenvalue weighted by atomic mass is 16.1. The van der Waals surface area contributed by atoms with Crippen molar-refractivity contribution in [2.45, 2.75) is 33.2 Å². The molecule has 3 nitrogen and oxygen atoms in total. The number of Topliss-reactive ketones (excluding diaryl/α,β-unsaturated/α-hetero) is 1. The summed E-state index contributed by atoms with van der Waals surface area (Å²) in [5.41, 5.74) is 0. The molecule has 0 saturated heterocycles. The monoisotopic (exact) mass is 157 g/mol. The van der Waals surface area contributed by atoms with Crippen molar-refractivity contribution in [2.24, 2.45) is 5.92 Å². The maximum Gasteiger partial charge on any atom is 0.207 e. The van der Waals surface area contributed by atoms with Gasteiger partial charge in [-0.1, -0.05) is 20.3 Å². The minimum Gasteiger partial charge on any atom is -0.349 e. The second kappa shape index (κ2) is 4.88. The molecule has 0 aromatic heterocycles. The number of carbonyl (C=O) groups is 2. The molecule has 0 spiro atoms. The first-order valence-corrected chi connectivity index (χ1v) is 3.83. The maximum atomic E-state index is 10.9. The lowest BCUT2D eigenvalue weighted by Gasteiger charge is -2.18. The normalized spacial score (nSPS) is 15.2. The second-order valence-electron chi connectivity index (χ2n) is 2.76. The molecule has 0 heterocycles. The van der Waals surface area contributed by atoms with E-state index in [1.807, 2.05) is 13.8 Å². The molecule has 0 radical (unpaired) electrons.